The van der Waals surface area contributed by atoms with Crippen molar-refractivity contribution < 1.29 is 4.43 Å². The van der Waals surface area contributed by atoms with E-state index in [1.807, 2.05) is 0 Å². The second-order valence-corrected chi connectivity index (χ2v) is 6.48. The first-order valence-electron chi connectivity index (χ1n) is 5.36. The Morgan fingerprint density at radius 2 is 2.00 bits per heavy atom. The first-order chi connectivity index (χ1) is 6.06. The zero-order valence-corrected chi connectivity index (χ0v) is 10.9. The molecule has 0 aliphatic rings. The molecule has 0 fully saturated rings. The predicted octanol–water partition coefficient (Wildman–Crippen LogP) is 3.51. The van der Waals surface area contributed by atoms with Gasteiger partial charge in [0.05, 0.1) is 6.10 Å². The largest absolute Gasteiger partial charge is 0.414 e. The average Bonchev–Trinajstić information content (AvgIpc) is 1.98. The summed E-state index contributed by atoms with van der Waals surface area (Å²) in [6, 6.07) is 0. The fourth-order valence-electron chi connectivity index (χ4n) is 1.32. The molecule has 1 unspecified atom stereocenters. The smallest absolute Gasteiger partial charge is 0.171 e. The second-order valence-electron chi connectivity index (χ2n) is 4.11. The Bertz CT molecular complexity index is 148. The minimum atomic E-state index is -0.874. The summed E-state index contributed by atoms with van der Waals surface area (Å²) in [6.07, 6.45) is 6.37. The fourth-order valence-corrected chi connectivity index (χ4v) is 2.23. The van der Waals surface area contributed by atoms with Crippen LogP contribution in [0.1, 0.15) is 40.0 Å². The molecule has 0 aromatic rings. The van der Waals surface area contributed by atoms with E-state index < -0.39 is 9.04 Å². The molecular weight excluding hydrogens is 176 g/mol. The van der Waals surface area contributed by atoms with Crippen molar-refractivity contribution in [1.82, 2.24) is 0 Å². The van der Waals surface area contributed by atoms with Crippen LogP contribution in [0.25, 0.3) is 0 Å². The van der Waals surface area contributed by atoms with Crippen LogP contribution >= 0.6 is 0 Å². The summed E-state index contributed by atoms with van der Waals surface area (Å²) in [5.41, 5.74) is 1.37. The lowest BCUT2D eigenvalue weighted by molar-refractivity contribution is 0.238. The quantitative estimate of drug-likeness (QED) is 0.471. The van der Waals surface area contributed by atoms with E-state index in [4.69, 9.17) is 4.43 Å². The van der Waals surface area contributed by atoms with Gasteiger partial charge in [-0.05, 0) is 33.4 Å². The Kier molecular flexibility index (Phi) is 7.29. The third-order valence-electron chi connectivity index (χ3n) is 1.81. The van der Waals surface area contributed by atoms with Gasteiger partial charge < -0.3 is 4.43 Å². The number of rotatable bonds is 6. The van der Waals surface area contributed by atoms with Crippen LogP contribution in [0.15, 0.2) is 11.6 Å². The van der Waals surface area contributed by atoms with Crippen molar-refractivity contribution in [2.45, 2.75) is 59.2 Å². The Morgan fingerprint density at radius 1 is 1.38 bits per heavy atom. The molecule has 0 aliphatic carbocycles. The van der Waals surface area contributed by atoms with E-state index in [-0.39, 0.29) is 0 Å². The van der Waals surface area contributed by atoms with Crippen LogP contribution in [-0.2, 0) is 4.43 Å². The SMILES string of the molecule is CCCCC(C=C(C)C)O[SiH](C)C. The van der Waals surface area contributed by atoms with Crippen molar-refractivity contribution in [3.8, 4) is 0 Å². The number of hydrogen-bond acceptors (Lipinski definition) is 1. The predicted molar refractivity (Wildman–Crippen MR) is 62.7 cm³/mol. The standard InChI is InChI=1S/C11H24OSi/c1-6-7-8-11(9-10(2)3)12-13(4)5/h9,11,13H,6-8H2,1-5H3. The Labute approximate surface area is 84.9 Å². The molecule has 0 bridgehead atoms. The van der Waals surface area contributed by atoms with E-state index in [1.165, 1.54) is 24.8 Å². The van der Waals surface area contributed by atoms with Crippen molar-refractivity contribution in [1.29, 1.82) is 0 Å². The summed E-state index contributed by atoms with van der Waals surface area (Å²) in [6.45, 7) is 11.0. The number of hydrogen-bond donors (Lipinski definition) is 0. The molecule has 78 valence electrons. The van der Waals surface area contributed by atoms with Crippen molar-refractivity contribution in [2.24, 2.45) is 0 Å². The molecule has 0 saturated heterocycles. The summed E-state index contributed by atoms with van der Waals surface area (Å²) in [5.74, 6) is 0. The van der Waals surface area contributed by atoms with E-state index in [2.05, 4.69) is 39.9 Å². The molecule has 13 heavy (non-hydrogen) atoms. The van der Waals surface area contributed by atoms with Gasteiger partial charge in [-0.15, -0.1) is 0 Å². The molecule has 0 aromatic carbocycles. The van der Waals surface area contributed by atoms with Gasteiger partial charge in [-0.3, -0.25) is 0 Å². The maximum atomic E-state index is 5.93. The van der Waals surface area contributed by atoms with Gasteiger partial charge in [0, 0.05) is 0 Å². The number of allylic oxidation sites excluding steroid dienone is 1. The molecule has 1 nitrogen and oxygen atoms in total. The molecule has 0 aromatic heterocycles. The van der Waals surface area contributed by atoms with Crippen LogP contribution in [0.5, 0.6) is 0 Å². The molecule has 0 heterocycles. The molecule has 0 saturated carbocycles. The lowest BCUT2D eigenvalue weighted by Gasteiger charge is -2.17. The Morgan fingerprint density at radius 3 is 2.38 bits per heavy atom. The fraction of sp³-hybridized carbons (Fsp3) is 0.818. The second kappa shape index (κ2) is 7.33. The van der Waals surface area contributed by atoms with E-state index >= 15 is 0 Å². The molecular formula is C11H24OSi. The third-order valence-corrected chi connectivity index (χ3v) is 2.70. The highest BCUT2D eigenvalue weighted by atomic mass is 28.3. The van der Waals surface area contributed by atoms with E-state index in [1.54, 1.807) is 0 Å². The molecule has 1 atom stereocenters. The van der Waals surface area contributed by atoms with Crippen molar-refractivity contribution >= 4 is 9.04 Å². The van der Waals surface area contributed by atoms with Crippen LogP contribution in [0, 0.1) is 0 Å². The van der Waals surface area contributed by atoms with Gasteiger partial charge in [0.15, 0.2) is 9.04 Å². The van der Waals surface area contributed by atoms with Gasteiger partial charge in [0.1, 0.15) is 0 Å². The maximum absolute atomic E-state index is 5.93. The van der Waals surface area contributed by atoms with Crippen LogP contribution < -0.4 is 0 Å². The van der Waals surface area contributed by atoms with Crippen LogP contribution in [-0.4, -0.2) is 15.1 Å². The summed E-state index contributed by atoms with van der Waals surface area (Å²) in [7, 11) is -0.874. The lowest BCUT2D eigenvalue weighted by atomic mass is 10.1. The van der Waals surface area contributed by atoms with Crippen molar-refractivity contribution in [3.05, 3.63) is 11.6 Å². The molecule has 2 heteroatoms. The monoisotopic (exact) mass is 200 g/mol. The van der Waals surface area contributed by atoms with E-state index in [9.17, 15) is 0 Å². The van der Waals surface area contributed by atoms with Gasteiger partial charge in [0.25, 0.3) is 0 Å². The first-order valence-corrected chi connectivity index (χ1v) is 8.14. The highest BCUT2D eigenvalue weighted by Crippen LogP contribution is 2.10. The van der Waals surface area contributed by atoms with E-state index in [0.717, 1.165) is 0 Å². The summed E-state index contributed by atoms with van der Waals surface area (Å²) < 4.78 is 5.93. The minimum Gasteiger partial charge on any atom is -0.414 e. The molecule has 0 N–H and O–H groups in total. The Balaban J connectivity index is 3.95. The van der Waals surface area contributed by atoms with Gasteiger partial charge in [-0.1, -0.05) is 31.4 Å². The molecule has 0 aliphatic heterocycles. The molecule has 0 radical (unpaired) electrons. The van der Waals surface area contributed by atoms with Gasteiger partial charge in [-0.25, -0.2) is 0 Å². The van der Waals surface area contributed by atoms with Gasteiger partial charge in [-0.2, -0.15) is 0 Å². The molecule has 0 amide bonds. The minimum absolute atomic E-state index is 0.386. The Hall–Kier alpha value is -0.0831. The summed E-state index contributed by atoms with van der Waals surface area (Å²) >= 11 is 0. The van der Waals surface area contributed by atoms with E-state index in [0.29, 0.717) is 6.10 Å². The normalized spacial score (nSPS) is 13.1. The topological polar surface area (TPSA) is 9.23 Å². The molecule has 0 spiro atoms. The lowest BCUT2D eigenvalue weighted by Crippen LogP contribution is -2.18. The average molecular weight is 200 g/mol. The first kappa shape index (κ1) is 12.9. The van der Waals surface area contributed by atoms with Crippen molar-refractivity contribution in [2.75, 3.05) is 0 Å². The third kappa shape index (κ3) is 8.25. The highest BCUT2D eigenvalue weighted by Gasteiger charge is 2.07. The zero-order valence-electron chi connectivity index (χ0n) is 9.76. The van der Waals surface area contributed by atoms with Gasteiger partial charge in [0.2, 0.25) is 0 Å². The van der Waals surface area contributed by atoms with Crippen LogP contribution in [0.3, 0.4) is 0 Å². The summed E-state index contributed by atoms with van der Waals surface area (Å²) in [5, 5.41) is 0. The van der Waals surface area contributed by atoms with Crippen LogP contribution in [0.4, 0.5) is 0 Å². The van der Waals surface area contributed by atoms with Crippen molar-refractivity contribution in [3.63, 3.8) is 0 Å². The van der Waals surface area contributed by atoms with Crippen LogP contribution in [0.2, 0.25) is 13.1 Å². The zero-order chi connectivity index (χ0) is 10.3. The molecule has 0 rings (SSSR count). The number of unbranched alkanes of at least 4 members (excludes halogenated alkanes) is 1. The van der Waals surface area contributed by atoms with Gasteiger partial charge >= 0.3 is 0 Å². The highest BCUT2D eigenvalue weighted by molar-refractivity contribution is 6.48. The summed E-state index contributed by atoms with van der Waals surface area (Å²) in [4.78, 5) is 0. The maximum Gasteiger partial charge on any atom is 0.171 e.